The molecule has 1 atom stereocenters. The Hall–Kier alpha value is -1.61. The summed E-state index contributed by atoms with van der Waals surface area (Å²) in [7, 11) is 0. The Balaban J connectivity index is 2.46. The smallest absolute Gasteiger partial charge is 0.154 e. The molecule has 0 fully saturated rings. The molecule has 0 aliphatic carbocycles. The van der Waals surface area contributed by atoms with Gasteiger partial charge < -0.3 is 10.3 Å². The molecule has 0 radical (unpaired) electrons. The zero-order valence-electron chi connectivity index (χ0n) is 11.4. The molecule has 2 N–H and O–H groups in total. The fraction of sp³-hybridized carbons (Fsp3) is 0.400. The van der Waals surface area contributed by atoms with Crippen molar-refractivity contribution in [3.8, 4) is 11.3 Å². The highest BCUT2D eigenvalue weighted by molar-refractivity contribution is 5.68. The van der Waals surface area contributed by atoms with Gasteiger partial charge in [-0.2, -0.15) is 0 Å². The van der Waals surface area contributed by atoms with Gasteiger partial charge in [0.15, 0.2) is 5.76 Å². The van der Waals surface area contributed by atoms with Gasteiger partial charge in [-0.15, -0.1) is 0 Å². The average Bonchev–Trinajstić information content (AvgIpc) is 2.76. The minimum atomic E-state index is -0.0719. The topological polar surface area (TPSA) is 52.0 Å². The van der Waals surface area contributed by atoms with Crippen molar-refractivity contribution in [2.75, 3.05) is 0 Å². The zero-order valence-corrected chi connectivity index (χ0v) is 11.4. The zero-order chi connectivity index (χ0) is 13.3. The summed E-state index contributed by atoms with van der Waals surface area (Å²) in [6.45, 7) is 8.34. The molecular weight excluding hydrogens is 224 g/mol. The Bertz CT molecular complexity index is 534. The van der Waals surface area contributed by atoms with E-state index < -0.39 is 0 Å². The van der Waals surface area contributed by atoms with Crippen molar-refractivity contribution in [1.82, 2.24) is 5.16 Å². The van der Waals surface area contributed by atoms with Crippen LogP contribution >= 0.6 is 0 Å². The summed E-state index contributed by atoms with van der Waals surface area (Å²) < 4.78 is 5.34. The minimum absolute atomic E-state index is 0.0719. The van der Waals surface area contributed by atoms with Crippen LogP contribution in [0.4, 0.5) is 0 Å². The number of nitrogens with two attached hydrogens (primary N) is 1. The molecule has 18 heavy (non-hydrogen) atoms. The molecule has 0 saturated heterocycles. The highest BCUT2D eigenvalue weighted by atomic mass is 16.5. The maximum absolute atomic E-state index is 5.95. The summed E-state index contributed by atoms with van der Waals surface area (Å²) in [6.07, 6.45) is 0.848. The third-order valence-corrected chi connectivity index (χ3v) is 3.27. The van der Waals surface area contributed by atoms with Crippen molar-refractivity contribution in [1.29, 1.82) is 0 Å². The molecule has 0 bridgehead atoms. The SMILES string of the molecule is CCC(N)c1cc(-c2c(C)cc(C)cc2C)no1. The molecule has 1 aromatic heterocycles. The van der Waals surface area contributed by atoms with E-state index in [9.17, 15) is 0 Å². The Morgan fingerprint density at radius 1 is 1.17 bits per heavy atom. The van der Waals surface area contributed by atoms with Crippen LogP contribution in [0.1, 0.15) is 41.8 Å². The monoisotopic (exact) mass is 244 g/mol. The molecule has 3 heteroatoms. The van der Waals surface area contributed by atoms with E-state index in [0.717, 1.165) is 23.4 Å². The molecule has 0 aliphatic heterocycles. The molecular formula is C15H20N2O. The maximum atomic E-state index is 5.95. The van der Waals surface area contributed by atoms with Crippen LogP contribution in [0.2, 0.25) is 0 Å². The highest BCUT2D eigenvalue weighted by Gasteiger charge is 2.15. The first-order valence-corrected chi connectivity index (χ1v) is 6.33. The molecule has 0 amide bonds. The van der Waals surface area contributed by atoms with Crippen LogP contribution in [-0.4, -0.2) is 5.16 Å². The molecule has 2 aromatic rings. The molecule has 1 heterocycles. The fourth-order valence-electron chi connectivity index (χ4n) is 2.37. The number of hydrogen-bond donors (Lipinski definition) is 1. The molecule has 0 spiro atoms. The highest BCUT2D eigenvalue weighted by Crippen LogP contribution is 2.29. The van der Waals surface area contributed by atoms with E-state index in [1.165, 1.54) is 16.7 Å². The first kappa shape index (κ1) is 12.8. The van der Waals surface area contributed by atoms with Gasteiger partial charge in [0, 0.05) is 11.6 Å². The van der Waals surface area contributed by atoms with Gasteiger partial charge in [0.1, 0.15) is 5.69 Å². The largest absolute Gasteiger partial charge is 0.359 e. The number of hydrogen-bond acceptors (Lipinski definition) is 3. The van der Waals surface area contributed by atoms with Crippen LogP contribution in [0.5, 0.6) is 0 Å². The Morgan fingerprint density at radius 2 is 1.78 bits per heavy atom. The van der Waals surface area contributed by atoms with Gasteiger partial charge in [0.25, 0.3) is 0 Å². The van der Waals surface area contributed by atoms with Crippen LogP contribution < -0.4 is 5.73 Å². The normalized spacial score (nSPS) is 12.7. The van der Waals surface area contributed by atoms with Gasteiger partial charge in [-0.05, 0) is 38.3 Å². The predicted molar refractivity (Wildman–Crippen MR) is 73.4 cm³/mol. The molecule has 0 aliphatic rings. The van der Waals surface area contributed by atoms with Gasteiger partial charge >= 0.3 is 0 Å². The van der Waals surface area contributed by atoms with Gasteiger partial charge in [-0.25, -0.2) is 0 Å². The molecule has 2 rings (SSSR count). The molecule has 96 valence electrons. The number of rotatable bonds is 3. The summed E-state index contributed by atoms with van der Waals surface area (Å²) >= 11 is 0. The second-order valence-electron chi connectivity index (χ2n) is 4.90. The number of aryl methyl sites for hydroxylation is 3. The number of nitrogens with zero attached hydrogens (tertiary/aromatic N) is 1. The van der Waals surface area contributed by atoms with Crippen molar-refractivity contribution in [2.24, 2.45) is 5.73 Å². The standard InChI is InChI=1S/C15H20N2O/c1-5-12(16)14-8-13(17-18-14)15-10(3)6-9(2)7-11(15)4/h6-8,12H,5,16H2,1-4H3. The maximum Gasteiger partial charge on any atom is 0.154 e. The molecule has 3 nitrogen and oxygen atoms in total. The summed E-state index contributed by atoms with van der Waals surface area (Å²) in [4.78, 5) is 0. The third-order valence-electron chi connectivity index (χ3n) is 3.27. The second kappa shape index (κ2) is 4.94. The van der Waals surface area contributed by atoms with Crippen LogP contribution in [0.15, 0.2) is 22.7 Å². The lowest BCUT2D eigenvalue weighted by molar-refractivity contribution is 0.360. The summed E-state index contributed by atoms with van der Waals surface area (Å²) in [6, 6.07) is 6.21. The first-order valence-electron chi connectivity index (χ1n) is 6.33. The first-order chi connectivity index (χ1) is 8.52. The van der Waals surface area contributed by atoms with E-state index in [0.29, 0.717) is 0 Å². The fourth-order valence-corrected chi connectivity index (χ4v) is 2.37. The van der Waals surface area contributed by atoms with Crippen molar-refractivity contribution >= 4 is 0 Å². The average molecular weight is 244 g/mol. The van der Waals surface area contributed by atoms with Crippen molar-refractivity contribution in [3.63, 3.8) is 0 Å². The summed E-state index contributed by atoms with van der Waals surface area (Å²) in [5, 5.41) is 4.15. The second-order valence-corrected chi connectivity index (χ2v) is 4.90. The molecule has 1 unspecified atom stereocenters. The van der Waals surface area contributed by atoms with Crippen LogP contribution in [0.25, 0.3) is 11.3 Å². The lowest BCUT2D eigenvalue weighted by Crippen LogP contribution is -2.06. The Kier molecular flexibility index (Phi) is 3.53. The Morgan fingerprint density at radius 3 is 2.33 bits per heavy atom. The quantitative estimate of drug-likeness (QED) is 0.896. The van der Waals surface area contributed by atoms with Crippen molar-refractivity contribution < 1.29 is 4.52 Å². The lowest BCUT2D eigenvalue weighted by Gasteiger charge is -2.08. The van der Waals surface area contributed by atoms with Crippen LogP contribution in [0.3, 0.4) is 0 Å². The molecule has 1 aromatic carbocycles. The van der Waals surface area contributed by atoms with E-state index in [-0.39, 0.29) is 6.04 Å². The van der Waals surface area contributed by atoms with Gasteiger partial charge in [-0.3, -0.25) is 0 Å². The van der Waals surface area contributed by atoms with Gasteiger partial charge in [-0.1, -0.05) is 29.8 Å². The van der Waals surface area contributed by atoms with E-state index in [2.05, 4.69) is 38.1 Å². The van der Waals surface area contributed by atoms with Crippen molar-refractivity contribution in [2.45, 2.75) is 40.2 Å². The minimum Gasteiger partial charge on any atom is -0.359 e. The predicted octanol–water partition coefficient (Wildman–Crippen LogP) is 3.68. The number of aromatic nitrogens is 1. The number of benzene rings is 1. The van der Waals surface area contributed by atoms with E-state index in [4.69, 9.17) is 10.3 Å². The third kappa shape index (κ3) is 2.31. The van der Waals surface area contributed by atoms with Crippen LogP contribution in [-0.2, 0) is 0 Å². The summed E-state index contributed by atoms with van der Waals surface area (Å²) in [5.41, 5.74) is 11.7. The van der Waals surface area contributed by atoms with Gasteiger partial charge in [0.05, 0.1) is 6.04 Å². The van der Waals surface area contributed by atoms with E-state index >= 15 is 0 Å². The lowest BCUT2D eigenvalue weighted by atomic mass is 9.97. The Labute approximate surface area is 108 Å². The van der Waals surface area contributed by atoms with Crippen LogP contribution in [0, 0.1) is 20.8 Å². The van der Waals surface area contributed by atoms with E-state index in [1.807, 2.05) is 13.0 Å². The molecule has 0 saturated carbocycles. The van der Waals surface area contributed by atoms with Gasteiger partial charge in [0.2, 0.25) is 0 Å². The van der Waals surface area contributed by atoms with Crippen molar-refractivity contribution in [3.05, 3.63) is 40.6 Å². The van der Waals surface area contributed by atoms with E-state index in [1.54, 1.807) is 0 Å². The summed E-state index contributed by atoms with van der Waals surface area (Å²) in [5.74, 6) is 0.756.